The normalized spacial score (nSPS) is 21.6. The van der Waals surface area contributed by atoms with Gasteiger partial charge >= 0.3 is 0 Å². The molecule has 1 heterocycles. The highest BCUT2D eigenvalue weighted by molar-refractivity contribution is 9.10. The molecule has 1 aromatic rings. The van der Waals surface area contributed by atoms with Crippen molar-refractivity contribution in [1.82, 2.24) is 5.32 Å². The standard InChI is InChI=1S/C13H18BrClN2O/c1-9(6-11-8-18-5-4-16-11)17-13-7-10(15)2-3-12(13)14/h2-3,7,9,11,16-17H,4-6,8H2,1H3. The van der Waals surface area contributed by atoms with Crippen LogP contribution in [-0.4, -0.2) is 31.8 Å². The number of anilines is 1. The van der Waals surface area contributed by atoms with Crippen molar-refractivity contribution >= 4 is 33.2 Å². The summed E-state index contributed by atoms with van der Waals surface area (Å²) < 4.78 is 6.49. The smallest absolute Gasteiger partial charge is 0.0621 e. The molecule has 5 heteroatoms. The van der Waals surface area contributed by atoms with Crippen molar-refractivity contribution in [3.05, 3.63) is 27.7 Å². The molecule has 18 heavy (non-hydrogen) atoms. The van der Waals surface area contributed by atoms with Crippen LogP contribution in [-0.2, 0) is 4.74 Å². The number of hydrogen-bond acceptors (Lipinski definition) is 3. The van der Waals surface area contributed by atoms with Crippen LogP contribution in [0.1, 0.15) is 13.3 Å². The quantitative estimate of drug-likeness (QED) is 0.887. The van der Waals surface area contributed by atoms with E-state index in [1.807, 2.05) is 18.2 Å². The Kier molecular flexibility index (Phi) is 5.30. The van der Waals surface area contributed by atoms with Gasteiger partial charge in [-0.2, -0.15) is 0 Å². The van der Waals surface area contributed by atoms with E-state index in [-0.39, 0.29) is 0 Å². The molecule has 2 N–H and O–H groups in total. The lowest BCUT2D eigenvalue weighted by Gasteiger charge is -2.27. The van der Waals surface area contributed by atoms with E-state index in [9.17, 15) is 0 Å². The van der Waals surface area contributed by atoms with Crippen LogP contribution < -0.4 is 10.6 Å². The molecule has 1 aromatic carbocycles. The summed E-state index contributed by atoms with van der Waals surface area (Å²) in [5.41, 5.74) is 1.03. The fraction of sp³-hybridized carbons (Fsp3) is 0.538. The summed E-state index contributed by atoms with van der Waals surface area (Å²) in [5, 5.41) is 7.67. The fourth-order valence-electron chi connectivity index (χ4n) is 2.13. The Morgan fingerprint density at radius 2 is 2.44 bits per heavy atom. The molecule has 0 radical (unpaired) electrons. The molecule has 2 unspecified atom stereocenters. The summed E-state index contributed by atoms with van der Waals surface area (Å²) in [6.45, 7) is 4.72. The lowest BCUT2D eigenvalue weighted by atomic mass is 10.1. The minimum atomic E-state index is 0.360. The van der Waals surface area contributed by atoms with E-state index in [1.165, 1.54) is 0 Å². The molecular weight excluding hydrogens is 316 g/mol. The minimum absolute atomic E-state index is 0.360. The van der Waals surface area contributed by atoms with Crippen molar-refractivity contribution in [3.8, 4) is 0 Å². The van der Waals surface area contributed by atoms with E-state index in [0.29, 0.717) is 12.1 Å². The number of benzene rings is 1. The highest BCUT2D eigenvalue weighted by Gasteiger charge is 2.16. The summed E-state index contributed by atoms with van der Waals surface area (Å²) in [6.07, 6.45) is 1.03. The van der Waals surface area contributed by atoms with E-state index in [1.54, 1.807) is 0 Å². The predicted octanol–water partition coefficient (Wildman–Crippen LogP) is 3.28. The first-order valence-corrected chi connectivity index (χ1v) is 7.35. The second kappa shape index (κ2) is 6.75. The molecule has 100 valence electrons. The second-order valence-corrected chi connectivity index (χ2v) is 5.92. The molecule has 1 fully saturated rings. The maximum absolute atomic E-state index is 6.00. The van der Waals surface area contributed by atoms with Crippen LogP contribution in [0.4, 0.5) is 5.69 Å². The van der Waals surface area contributed by atoms with E-state index < -0.39 is 0 Å². The molecule has 0 amide bonds. The molecule has 1 aliphatic rings. The number of nitrogens with one attached hydrogen (secondary N) is 2. The Hall–Kier alpha value is -0.290. The van der Waals surface area contributed by atoms with Crippen LogP contribution in [0.5, 0.6) is 0 Å². The van der Waals surface area contributed by atoms with Gasteiger partial charge in [-0.1, -0.05) is 11.6 Å². The van der Waals surface area contributed by atoms with Gasteiger partial charge in [-0.15, -0.1) is 0 Å². The first kappa shape index (κ1) is 14.1. The molecule has 1 aliphatic heterocycles. The van der Waals surface area contributed by atoms with Gasteiger partial charge in [0.2, 0.25) is 0 Å². The van der Waals surface area contributed by atoms with Gasteiger partial charge in [0, 0.05) is 28.1 Å². The van der Waals surface area contributed by atoms with Gasteiger partial charge in [0.05, 0.1) is 18.9 Å². The molecule has 3 nitrogen and oxygen atoms in total. The maximum atomic E-state index is 6.00. The van der Waals surface area contributed by atoms with Gasteiger partial charge in [-0.25, -0.2) is 0 Å². The van der Waals surface area contributed by atoms with Crippen molar-refractivity contribution in [2.75, 3.05) is 25.1 Å². The molecule has 0 saturated carbocycles. The molecule has 2 rings (SSSR count). The van der Waals surface area contributed by atoms with Gasteiger partial charge in [-0.3, -0.25) is 0 Å². The van der Waals surface area contributed by atoms with Crippen LogP contribution in [0.25, 0.3) is 0 Å². The summed E-state index contributed by atoms with van der Waals surface area (Å²) in [7, 11) is 0. The van der Waals surface area contributed by atoms with Crippen LogP contribution >= 0.6 is 27.5 Å². The lowest BCUT2D eigenvalue weighted by Crippen LogP contribution is -2.43. The molecule has 0 aromatic heterocycles. The van der Waals surface area contributed by atoms with Gasteiger partial charge in [0.25, 0.3) is 0 Å². The lowest BCUT2D eigenvalue weighted by molar-refractivity contribution is 0.0731. The van der Waals surface area contributed by atoms with Crippen molar-refractivity contribution in [2.45, 2.75) is 25.4 Å². The summed E-state index contributed by atoms with van der Waals surface area (Å²) >= 11 is 9.52. The maximum Gasteiger partial charge on any atom is 0.0621 e. The van der Waals surface area contributed by atoms with Crippen molar-refractivity contribution in [2.24, 2.45) is 0 Å². The zero-order valence-corrected chi connectivity index (χ0v) is 12.7. The highest BCUT2D eigenvalue weighted by atomic mass is 79.9. The Morgan fingerprint density at radius 3 is 3.17 bits per heavy atom. The summed E-state index contributed by atoms with van der Waals surface area (Å²) in [5.74, 6) is 0. The Bertz CT molecular complexity index is 397. The molecular formula is C13H18BrClN2O. The Morgan fingerprint density at radius 1 is 1.61 bits per heavy atom. The van der Waals surface area contributed by atoms with Crippen molar-refractivity contribution < 1.29 is 4.74 Å². The SMILES string of the molecule is CC(CC1COCCN1)Nc1cc(Cl)ccc1Br. The molecule has 0 spiro atoms. The zero-order valence-electron chi connectivity index (χ0n) is 10.4. The first-order chi connectivity index (χ1) is 8.65. The van der Waals surface area contributed by atoms with E-state index in [0.717, 1.165) is 41.4 Å². The average molecular weight is 334 g/mol. The molecule has 1 saturated heterocycles. The van der Waals surface area contributed by atoms with Crippen LogP contribution in [0.3, 0.4) is 0 Å². The zero-order chi connectivity index (χ0) is 13.0. The molecule has 0 aliphatic carbocycles. The second-order valence-electron chi connectivity index (χ2n) is 4.63. The number of halogens is 2. The van der Waals surface area contributed by atoms with Gasteiger partial charge < -0.3 is 15.4 Å². The third-order valence-corrected chi connectivity index (χ3v) is 3.89. The highest BCUT2D eigenvalue weighted by Crippen LogP contribution is 2.26. The van der Waals surface area contributed by atoms with Crippen molar-refractivity contribution in [3.63, 3.8) is 0 Å². The number of hydrogen-bond donors (Lipinski definition) is 2. The number of ether oxygens (including phenoxy) is 1. The monoisotopic (exact) mass is 332 g/mol. The molecule has 2 atom stereocenters. The third kappa shape index (κ3) is 4.12. The van der Waals surface area contributed by atoms with Gasteiger partial charge in [0.15, 0.2) is 0 Å². The summed E-state index contributed by atoms with van der Waals surface area (Å²) in [6, 6.07) is 6.56. The fourth-order valence-corrected chi connectivity index (χ4v) is 2.66. The van der Waals surface area contributed by atoms with Gasteiger partial charge in [-0.05, 0) is 47.5 Å². The van der Waals surface area contributed by atoms with Crippen LogP contribution in [0.2, 0.25) is 5.02 Å². The third-order valence-electron chi connectivity index (χ3n) is 2.97. The predicted molar refractivity (Wildman–Crippen MR) is 79.5 cm³/mol. The largest absolute Gasteiger partial charge is 0.382 e. The molecule has 0 bridgehead atoms. The van der Waals surface area contributed by atoms with Crippen LogP contribution in [0, 0.1) is 0 Å². The topological polar surface area (TPSA) is 33.3 Å². The van der Waals surface area contributed by atoms with E-state index in [2.05, 4.69) is 33.5 Å². The Labute approximate surface area is 121 Å². The summed E-state index contributed by atoms with van der Waals surface area (Å²) in [4.78, 5) is 0. The average Bonchev–Trinajstić information content (AvgIpc) is 2.35. The first-order valence-electron chi connectivity index (χ1n) is 6.18. The van der Waals surface area contributed by atoms with E-state index >= 15 is 0 Å². The number of rotatable bonds is 4. The number of morpholine rings is 1. The van der Waals surface area contributed by atoms with Crippen LogP contribution in [0.15, 0.2) is 22.7 Å². The van der Waals surface area contributed by atoms with Crippen molar-refractivity contribution in [1.29, 1.82) is 0 Å². The minimum Gasteiger partial charge on any atom is -0.382 e. The van der Waals surface area contributed by atoms with E-state index in [4.69, 9.17) is 16.3 Å². The Balaban J connectivity index is 1.89. The van der Waals surface area contributed by atoms with Gasteiger partial charge in [0.1, 0.15) is 0 Å².